The number of halogens is 1. The number of amides is 1. The summed E-state index contributed by atoms with van der Waals surface area (Å²) in [5.74, 6) is 0.389. The maximum absolute atomic E-state index is 13.3. The second-order valence-corrected chi connectivity index (χ2v) is 6.63. The van der Waals surface area contributed by atoms with E-state index >= 15 is 0 Å². The first-order valence-electron chi connectivity index (χ1n) is 8.96. The number of imidazole rings is 1. The average molecular weight is 374 g/mol. The first kappa shape index (κ1) is 17.9. The molecule has 140 valence electrons. The molecule has 0 unspecified atom stereocenters. The molecule has 28 heavy (non-hydrogen) atoms. The number of carbonyl (C=O) groups excluding carboxylic acids is 1. The van der Waals surface area contributed by atoms with Gasteiger partial charge < -0.3 is 9.47 Å². The molecule has 2 heterocycles. The van der Waals surface area contributed by atoms with Crippen LogP contribution in [-0.4, -0.2) is 32.4 Å². The Morgan fingerprint density at radius 2 is 1.86 bits per heavy atom. The van der Waals surface area contributed by atoms with Gasteiger partial charge in [0.25, 0.3) is 5.91 Å². The molecule has 0 aliphatic carbocycles. The lowest BCUT2D eigenvalue weighted by Crippen LogP contribution is -2.28. The number of fused-ring (bicyclic) bond motifs is 1. The molecule has 0 fully saturated rings. The molecule has 2 aromatic carbocycles. The third kappa shape index (κ3) is 3.62. The lowest BCUT2D eigenvalue weighted by atomic mass is 10.2. The summed E-state index contributed by atoms with van der Waals surface area (Å²) in [7, 11) is 1.75. The van der Waals surface area contributed by atoms with Crippen molar-refractivity contribution in [2.45, 2.75) is 13.1 Å². The Bertz CT molecular complexity index is 1110. The number of aromatic nitrogens is 3. The van der Waals surface area contributed by atoms with Gasteiger partial charge in [0.05, 0.1) is 23.1 Å². The van der Waals surface area contributed by atoms with Gasteiger partial charge in [-0.05, 0) is 42.0 Å². The van der Waals surface area contributed by atoms with Gasteiger partial charge in [0, 0.05) is 26.0 Å². The Balaban J connectivity index is 1.66. The molecule has 1 amide bonds. The van der Waals surface area contributed by atoms with E-state index < -0.39 is 0 Å². The number of nitrogens with zero attached hydrogens (tertiary/aromatic N) is 4. The van der Waals surface area contributed by atoms with Gasteiger partial charge in [-0.1, -0.05) is 24.3 Å². The minimum absolute atomic E-state index is 0.117. The van der Waals surface area contributed by atoms with Crippen LogP contribution in [0, 0.1) is 5.82 Å². The maximum Gasteiger partial charge on any atom is 0.255 e. The fourth-order valence-corrected chi connectivity index (χ4v) is 3.19. The van der Waals surface area contributed by atoms with Crippen molar-refractivity contribution in [3.8, 4) is 0 Å². The van der Waals surface area contributed by atoms with Crippen molar-refractivity contribution in [2.24, 2.45) is 0 Å². The van der Waals surface area contributed by atoms with E-state index in [0.717, 1.165) is 22.4 Å². The SMILES string of the molecule is CN(Cc1nc2ccccc2n1Cc1ccc(F)cc1)C(=O)c1cccnc1. The number of hydrogen-bond donors (Lipinski definition) is 0. The van der Waals surface area contributed by atoms with E-state index in [0.29, 0.717) is 18.7 Å². The van der Waals surface area contributed by atoms with Gasteiger partial charge in [0.1, 0.15) is 11.6 Å². The summed E-state index contributed by atoms with van der Waals surface area (Å²) in [4.78, 5) is 23.0. The second-order valence-electron chi connectivity index (χ2n) is 6.63. The van der Waals surface area contributed by atoms with Crippen molar-refractivity contribution in [1.29, 1.82) is 0 Å². The first-order chi connectivity index (χ1) is 13.6. The molecule has 0 aliphatic rings. The number of para-hydroxylation sites is 2. The summed E-state index contributed by atoms with van der Waals surface area (Å²) >= 11 is 0. The first-order valence-corrected chi connectivity index (χ1v) is 8.96. The minimum atomic E-state index is -0.263. The van der Waals surface area contributed by atoms with Crippen LogP contribution in [0.25, 0.3) is 11.0 Å². The molecule has 4 aromatic rings. The topological polar surface area (TPSA) is 51.0 Å². The van der Waals surface area contributed by atoms with Crippen molar-refractivity contribution in [2.75, 3.05) is 7.05 Å². The lowest BCUT2D eigenvalue weighted by Gasteiger charge is -2.18. The zero-order valence-electron chi connectivity index (χ0n) is 15.4. The molecule has 0 bridgehead atoms. The molecule has 0 atom stereocenters. The Hall–Kier alpha value is -3.54. The smallest absolute Gasteiger partial charge is 0.255 e. The third-order valence-electron chi connectivity index (χ3n) is 4.62. The molecule has 5 nitrogen and oxygen atoms in total. The number of hydrogen-bond acceptors (Lipinski definition) is 3. The maximum atomic E-state index is 13.3. The highest BCUT2D eigenvalue weighted by molar-refractivity contribution is 5.93. The Morgan fingerprint density at radius 1 is 1.07 bits per heavy atom. The van der Waals surface area contributed by atoms with Crippen molar-refractivity contribution in [1.82, 2.24) is 19.4 Å². The molecule has 0 N–H and O–H groups in total. The highest BCUT2D eigenvalue weighted by Crippen LogP contribution is 2.20. The summed E-state index contributed by atoms with van der Waals surface area (Å²) in [6, 6.07) is 17.7. The normalized spacial score (nSPS) is 10.9. The van der Waals surface area contributed by atoms with Gasteiger partial charge in [-0.15, -0.1) is 0 Å². The van der Waals surface area contributed by atoms with E-state index in [4.69, 9.17) is 4.98 Å². The average Bonchev–Trinajstić information content (AvgIpc) is 3.06. The van der Waals surface area contributed by atoms with Crippen LogP contribution < -0.4 is 0 Å². The van der Waals surface area contributed by atoms with Crippen molar-refractivity contribution in [3.05, 3.63) is 95.8 Å². The van der Waals surface area contributed by atoms with Crippen LogP contribution in [0.15, 0.2) is 73.1 Å². The minimum Gasteiger partial charge on any atom is -0.334 e. The Labute approximate surface area is 162 Å². The number of rotatable bonds is 5. The Kier molecular flexibility index (Phi) is 4.85. The van der Waals surface area contributed by atoms with Crippen LogP contribution in [-0.2, 0) is 13.1 Å². The van der Waals surface area contributed by atoms with Crippen molar-refractivity contribution >= 4 is 16.9 Å². The highest BCUT2D eigenvalue weighted by Gasteiger charge is 2.17. The fourth-order valence-electron chi connectivity index (χ4n) is 3.19. The summed E-state index contributed by atoms with van der Waals surface area (Å²) in [5.41, 5.74) is 3.34. The molecule has 4 rings (SSSR count). The van der Waals surface area contributed by atoms with Gasteiger partial charge in [-0.25, -0.2) is 9.37 Å². The van der Waals surface area contributed by atoms with E-state index in [1.165, 1.54) is 12.1 Å². The molecule has 2 aromatic heterocycles. The second kappa shape index (κ2) is 7.60. The van der Waals surface area contributed by atoms with Crippen molar-refractivity contribution < 1.29 is 9.18 Å². The van der Waals surface area contributed by atoms with Crippen LogP contribution in [0.5, 0.6) is 0 Å². The summed E-state index contributed by atoms with van der Waals surface area (Å²) in [6.45, 7) is 0.897. The number of benzene rings is 2. The number of pyridine rings is 1. The van der Waals surface area contributed by atoms with Gasteiger partial charge in [0.15, 0.2) is 0 Å². The quantitative estimate of drug-likeness (QED) is 0.533. The standard InChI is InChI=1S/C22H19FN4O/c1-26(22(28)17-5-4-12-24-13-17)15-21-25-19-6-2-3-7-20(19)27(21)14-16-8-10-18(23)11-9-16/h2-13H,14-15H2,1H3. The van der Waals surface area contributed by atoms with Gasteiger partial charge in [-0.3, -0.25) is 9.78 Å². The monoisotopic (exact) mass is 374 g/mol. The number of carbonyl (C=O) groups is 1. The molecule has 0 spiro atoms. The van der Waals surface area contributed by atoms with Crippen LogP contribution in [0.3, 0.4) is 0 Å². The van der Waals surface area contributed by atoms with E-state index in [1.807, 2.05) is 24.3 Å². The van der Waals surface area contributed by atoms with E-state index in [-0.39, 0.29) is 11.7 Å². The van der Waals surface area contributed by atoms with Crippen LogP contribution in [0.4, 0.5) is 4.39 Å². The Morgan fingerprint density at radius 3 is 2.61 bits per heavy atom. The molecule has 0 saturated carbocycles. The third-order valence-corrected chi connectivity index (χ3v) is 4.62. The van der Waals surface area contributed by atoms with E-state index in [2.05, 4.69) is 9.55 Å². The van der Waals surface area contributed by atoms with E-state index in [1.54, 1.807) is 48.6 Å². The summed E-state index contributed by atoms with van der Waals surface area (Å²) in [5, 5.41) is 0. The van der Waals surface area contributed by atoms with Crippen LogP contribution >= 0.6 is 0 Å². The zero-order valence-corrected chi connectivity index (χ0v) is 15.4. The molecular weight excluding hydrogens is 355 g/mol. The van der Waals surface area contributed by atoms with Crippen molar-refractivity contribution in [3.63, 3.8) is 0 Å². The summed E-state index contributed by atoms with van der Waals surface area (Å²) < 4.78 is 15.3. The molecular formula is C22H19FN4O. The molecule has 6 heteroatoms. The van der Waals surface area contributed by atoms with Crippen LogP contribution in [0.2, 0.25) is 0 Å². The predicted molar refractivity (Wildman–Crippen MR) is 105 cm³/mol. The molecule has 0 aliphatic heterocycles. The summed E-state index contributed by atoms with van der Waals surface area (Å²) in [6.07, 6.45) is 3.19. The van der Waals surface area contributed by atoms with E-state index in [9.17, 15) is 9.18 Å². The highest BCUT2D eigenvalue weighted by atomic mass is 19.1. The fraction of sp³-hybridized carbons (Fsp3) is 0.136. The lowest BCUT2D eigenvalue weighted by molar-refractivity contribution is 0.0780. The van der Waals surface area contributed by atoms with Gasteiger partial charge in [0.2, 0.25) is 0 Å². The van der Waals surface area contributed by atoms with Gasteiger partial charge in [-0.2, -0.15) is 0 Å². The predicted octanol–water partition coefficient (Wildman–Crippen LogP) is 3.89. The zero-order chi connectivity index (χ0) is 19.5. The van der Waals surface area contributed by atoms with Gasteiger partial charge >= 0.3 is 0 Å². The molecule has 0 saturated heterocycles. The largest absolute Gasteiger partial charge is 0.334 e. The molecule has 0 radical (unpaired) electrons. The van der Waals surface area contributed by atoms with Crippen LogP contribution in [0.1, 0.15) is 21.7 Å².